The van der Waals surface area contributed by atoms with Crippen molar-refractivity contribution in [3.8, 4) is 0 Å². The number of thiophene rings is 1. The van der Waals surface area contributed by atoms with Crippen LogP contribution in [0.25, 0.3) is 0 Å². The van der Waals surface area contributed by atoms with E-state index in [2.05, 4.69) is 22.9 Å². The van der Waals surface area contributed by atoms with Crippen LogP contribution in [-0.2, 0) is 4.79 Å². The molecule has 1 aliphatic rings. The molecule has 1 heterocycles. The highest BCUT2D eigenvalue weighted by atomic mass is 79.9. The second-order valence-electron chi connectivity index (χ2n) is 5.37. The van der Waals surface area contributed by atoms with Crippen LogP contribution in [-0.4, -0.2) is 16.2 Å². The molecule has 3 nitrogen and oxygen atoms in total. The van der Waals surface area contributed by atoms with Gasteiger partial charge in [-0.1, -0.05) is 13.3 Å². The fraction of sp³-hybridized carbons (Fsp3) is 0.643. The van der Waals surface area contributed by atoms with E-state index in [1.807, 2.05) is 13.0 Å². The molecular formula is C14H19BrO3S. The van der Waals surface area contributed by atoms with Crippen LogP contribution in [0.4, 0.5) is 0 Å². The van der Waals surface area contributed by atoms with Crippen LogP contribution < -0.4 is 0 Å². The maximum Gasteiger partial charge on any atom is 0.306 e. The molecule has 2 rings (SSSR count). The Labute approximate surface area is 125 Å². The van der Waals surface area contributed by atoms with Gasteiger partial charge in [0.05, 0.1) is 12.0 Å². The average molecular weight is 347 g/mol. The maximum absolute atomic E-state index is 11.4. The molecule has 4 unspecified atom stereocenters. The highest BCUT2D eigenvalue weighted by Gasteiger charge is 2.42. The maximum atomic E-state index is 11.4. The quantitative estimate of drug-likeness (QED) is 0.866. The fourth-order valence-electron chi connectivity index (χ4n) is 3.04. The number of aliphatic hydroxyl groups excluding tert-OH is 1. The van der Waals surface area contributed by atoms with Crippen molar-refractivity contribution in [3.05, 3.63) is 20.3 Å². The van der Waals surface area contributed by atoms with Gasteiger partial charge in [-0.05, 0) is 47.7 Å². The first-order valence-corrected chi connectivity index (χ1v) is 8.21. The lowest BCUT2D eigenvalue weighted by atomic mass is 9.90. The van der Waals surface area contributed by atoms with E-state index in [1.54, 1.807) is 11.3 Å². The summed E-state index contributed by atoms with van der Waals surface area (Å²) in [4.78, 5) is 13.4. The van der Waals surface area contributed by atoms with Gasteiger partial charge in [-0.25, -0.2) is 0 Å². The molecule has 0 aliphatic heterocycles. The summed E-state index contributed by atoms with van der Waals surface area (Å²) in [6.45, 7) is 4.08. The van der Waals surface area contributed by atoms with Crippen molar-refractivity contribution in [2.24, 2.45) is 17.8 Å². The topological polar surface area (TPSA) is 57.5 Å². The van der Waals surface area contributed by atoms with Gasteiger partial charge in [-0.15, -0.1) is 11.3 Å². The first-order chi connectivity index (χ1) is 8.93. The molecule has 0 radical (unpaired) electrons. The third kappa shape index (κ3) is 3.03. The number of rotatable bonds is 4. The van der Waals surface area contributed by atoms with E-state index in [4.69, 9.17) is 0 Å². The number of aliphatic hydroxyl groups is 1. The SMILES string of the molecule is CCC1CC(C(=O)O)C(C(O)c2sc(C)cc2Br)C1. The molecular weight excluding hydrogens is 328 g/mol. The van der Waals surface area contributed by atoms with Crippen molar-refractivity contribution in [1.29, 1.82) is 0 Å². The Morgan fingerprint density at radius 2 is 2.26 bits per heavy atom. The highest BCUT2D eigenvalue weighted by molar-refractivity contribution is 9.10. The Morgan fingerprint density at radius 3 is 2.74 bits per heavy atom. The summed E-state index contributed by atoms with van der Waals surface area (Å²) in [7, 11) is 0. The first kappa shape index (κ1) is 15.0. The van der Waals surface area contributed by atoms with Gasteiger partial charge in [0.2, 0.25) is 0 Å². The molecule has 0 spiro atoms. The number of carboxylic acid groups (broad SMARTS) is 1. The molecule has 19 heavy (non-hydrogen) atoms. The molecule has 1 saturated carbocycles. The third-order valence-electron chi connectivity index (χ3n) is 4.11. The molecule has 0 aromatic carbocycles. The van der Waals surface area contributed by atoms with E-state index in [0.717, 1.165) is 27.1 Å². The molecule has 0 saturated heterocycles. The minimum absolute atomic E-state index is 0.170. The lowest BCUT2D eigenvalue weighted by molar-refractivity contribution is -0.144. The van der Waals surface area contributed by atoms with E-state index in [0.29, 0.717) is 12.3 Å². The molecule has 5 heteroatoms. The van der Waals surface area contributed by atoms with Gasteiger partial charge in [-0.3, -0.25) is 4.79 Å². The summed E-state index contributed by atoms with van der Waals surface area (Å²) in [5.74, 6) is -0.948. The summed E-state index contributed by atoms with van der Waals surface area (Å²) in [6, 6.07) is 1.98. The van der Waals surface area contributed by atoms with Gasteiger partial charge in [0.15, 0.2) is 0 Å². The lowest BCUT2D eigenvalue weighted by Gasteiger charge is -2.21. The predicted molar refractivity (Wildman–Crippen MR) is 79.3 cm³/mol. The monoisotopic (exact) mass is 346 g/mol. The molecule has 1 aliphatic carbocycles. The van der Waals surface area contributed by atoms with E-state index < -0.39 is 18.0 Å². The minimum atomic E-state index is -0.774. The number of carboxylic acids is 1. The Hall–Kier alpha value is -0.390. The van der Waals surface area contributed by atoms with Crippen molar-refractivity contribution in [3.63, 3.8) is 0 Å². The lowest BCUT2D eigenvalue weighted by Crippen LogP contribution is -2.23. The molecule has 0 bridgehead atoms. The molecule has 4 atom stereocenters. The zero-order chi connectivity index (χ0) is 14.2. The Kier molecular flexibility index (Phi) is 4.69. The van der Waals surface area contributed by atoms with Crippen LogP contribution in [0.1, 0.15) is 42.0 Å². The van der Waals surface area contributed by atoms with Crippen LogP contribution in [0.2, 0.25) is 0 Å². The predicted octanol–water partition coefficient (Wildman–Crippen LogP) is 3.99. The largest absolute Gasteiger partial charge is 0.481 e. The van der Waals surface area contributed by atoms with Gasteiger partial charge < -0.3 is 10.2 Å². The molecule has 1 fully saturated rings. The number of aliphatic carboxylic acids is 1. The first-order valence-electron chi connectivity index (χ1n) is 6.60. The fourth-order valence-corrected chi connectivity index (χ4v) is 4.99. The summed E-state index contributed by atoms with van der Waals surface area (Å²) < 4.78 is 0.895. The van der Waals surface area contributed by atoms with Gasteiger partial charge in [0.1, 0.15) is 0 Å². The zero-order valence-electron chi connectivity index (χ0n) is 11.1. The van der Waals surface area contributed by atoms with E-state index in [-0.39, 0.29) is 5.92 Å². The average Bonchev–Trinajstić information content (AvgIpc) is 2.91. The number of hydrogen-bond donors (Lipinski definition) is 2. The molecule has 1 aromatic heterocycles. The molecule has 2 N–H and O–H groups in total. The normalized spacial score (nSPS) is 28.5. The van der Waals surface area contributed by atoms with E-state index in [1.165, 1.54) is 0 Å². The van der Waals surface area contributed by atoms with Gasteiger partial charge in [-0.2, -0.15) is 0 Å². The number of halogens is 1. The van der Waals surface area contributed by atoms with E-state index >= 15 is 0 Å². The summed E-state index contributed by atoms with van der Waals surface area (Å²) in [5, 5.41) is 19.9. The van der Waals surface area contributed by atoms with Crippen molar-refractivity contribution in [2.45, 2.75) is 39.2 Å². The minimum Gasteiger partial charge on any atom is -0.481 e. The number of aryl methyl sites for hydroxylation is 1. The third-order valence-corrected chi connectivity index (χ3v) is 6.15. The second-order valence-corrected chi connectivity index (χ2v) is 7.51. The molecule has 1 aromatic rings. The Morgan fingerprint density at radius 1 is 1.58 bits per heavy atom. The highest BCUT2D eigenvalue weighted by Crippen LogP contribution is 2.47. The zero-order valence-corrected chi connectivity index (χ0v) is 13.5. The van der Waals surface area contributed by atoms with Crippen molar-refractivity contribution >= 4 is 33.2 Å². The van der Waals surface area contributed by atoms with Crippen LogP contribution in [0, 0.1) is 24.7 Å². The van der Waals surface area contributed by atoms with Crippen LogP contribution >= 0.6 is 27.3 Å². The van der Waals surface area contributed by atoms with Gasteiger partial charge in [0, 0.05) is 20.1 Å². The smallest absolute Gasteiger partial charge is 0.306 e. The summed E-state index contributed by atoms with van der Waals surface area (Å²) in [6.07, 6.45) is 1.80. The van der Waals surface area contributed by atoms with Gasteiger partial charge >= 0.3 is 5.97 Å². The number of hydrogen-bond acceptors (Lipinski definition) is 3. The Balaban J connectivity index is 2.23. The van der Waals surface area contributed by atoms with Gasteiger partial charge in [0.25, 0.3) is 0 Å². The van der Waals surface area contributed by atoms with E-state index in [9.17, 15) is 15.0 Å². The van der Waals surface area contributed by atoms with Crippen LogP contribution in [0.5, 0.6) is 0 Å². The number of carbonyl (C=O) groups is 1. The van der Waals surface area contributed by atoms with Crippen LogP contribution in [0.15, 0.2) is 10.5 Å². The standard InChI is InChI=1S/C14H19BrO3S/c1-3-8-5-9(10(6-8)14(17)18)12(16)13-11(15)4-7(2)19-13/h4,8-10,12,16H,3,5-6H2,1-2H3,(H,17,18). The van der Waals surface area contributed by atoms with Crippen molar-refractivity contribution in [1.82, 2.24) is 0 Å². The van der Waals surface area contributed by atoms with Crippen molar-refractivity contribution < 1.29 is 15.0 Å². The van der Waals surface area contributed by atoms with Crippen LogP contribution in [0.3, 0.4) is 0 Å². The summed E-state index contributed by atoms with van der Waals surface area (Å²) in [5.41, 5.74) is 0. The summed E-state index contributed by atoms with van der Waals surface area (Å²) >= 11 is 5.00. The Bertz CT molecular complexity index is 471. The molecule has 106 valence electrons. The molecule has 0 amide bonds. The van der Waals surface area contributed by atoms with Crippen molar-refractivity contribution in [2.75, 3.05) is 0 Å². The second kappa shape index (κ2) is 5.94.